The van der Waals surface area contributed by atoms with Crippen LogP contribution in [0, 0.1) is 5.82 Å². The molecule has 0 aliphatic carbocycles. The van der Waals surface area contributed by atoms with Gasteiger partial charge in [-0.1, -0.05) is 26.8 Å². The molecular formula is C16H22FN3. The number of halogens is 1. The maximum absolute atomic E-state index is 13.6. The van der Waals surface area contributed by atoms with Crippen molar-refractivity contribution in [2.24, 2.45) is 7.05 Å². The van der Waals surface area contributed by atoms with Crippen molar-refractivity contribution in [2.75, 3.05) is 0 Å². The van der Waals surface area contributed by atoms with Crippen molar-refractivity contribution in [3.05, 3.63) is 41.5 Å². The standard InChI is InChI=1S/C16H22FN3/c1-5-16-15(10-20(4)19-16)14-8-13(17)7-6-12(14)9-18-11(2)3/h6-8,10-11,18H,5,9H2,1-4H3. The Morgan fingerprint density at radius 3 is 2.70 bits per heavy atom. The lowest BCUT2D eigenvalue weighted by molar-refractivity contribution is 0.587. The van der Waals surface area contributed by atoms with Crippen molar-refractivity contribution >= 4 is 0 Å². The van der Waals surface area contributed by atoms with Crippen LogP contribution in [0.15, 0.2) is 24.4 Å². The number of hydrogen-bond donors (Lipinski definition) is 1. The second kappa shape index (κ2) is 6.18. The highest BCUT2D eigenvalue weighted by Gasteiger charge is 2.13. The molecule has 1 heterocycles. The van der Waals surface area contributed by atoms with Crippen LogP contribution in [0.25, 0.3) is 11.1 Å². The van der Waals surface area contributed by atoms with E-state index < -0.39 is 0 Å². The topological polar surface area (TPSA) is 29.9 Å². The molecule has 108 valence electrons. The molecule has 0 aliphatic heterocycles. The summed E-state index contributed by atoms with van der Waals surface area (Å²) in [5, 5.41) is 7.83. The van der Waals surface area contributed by atoms with Gasteiger partial charge in [0.15, 0.2) is 0 Å². The molecule has 4 heteroatoms. The summed E-state index contributed by atoms with van der Waals surface area (Å²) in [6, 6.07) is 5.37. The quantitative estimate of drug-likeness (QED) is 0.907. The normalized spacial score (nSPS) is 11.3. The fraction of sp³-hybridized carbons (Fsp3) is 0.438. The van der Waals surface area contributed by atoms with E-state index in [1.165, 1.54) is 6.07 Å². The highest BCUT2D eigenvalue weighted by molar-refractivity contribution is 5.69. The zero-order valence-electron chi connectivity index (χ0n) is 12.6. The summed E-state index contributed by atoms with van der Waals surface area (Å²) < 4.78 is 15.4. The molecule has 0 aliphatic rings. The van der Waals surface area contributed by atoms with E-state index in [4.69, 9.17) is 0 Å². The molecule has 0 atom stereocenters. The van der Waals surface area contributed by atoms with E-state index in [1.807, 2.05) is 19.3 Å². The van der Waals surface area contributed by atoms with Crippen LogP contribution in [0.4, 0.5) is 4.39 Å². The van der Waals surface area contributed by atoms with Crippen LogP contribution in [0.3, 0.4) is 0 Å². The first kappa shape index (κ1) is 14.7. The largest absolute Gasteiger partial charge is 0.310 e. The van der Waals surface area contributed by atoms with Crippen molar-refractivity contribution < 1.29 is 4.39 Å². The second-order valence-electron chi connectivity index (χ2n) is 5.35. The lowest BCUT2D eigenvalue weighted by Crippen LogP contribution is -2.22. The molecule has 0 saturated heterocycles. The number of rotatable bonds is 5. The predicted molar refractivity (Wildman–Crippen MR) is 80.0 cm³/mol. The highest BCUT2D eigenvalue weighted by atomic mass is 19.1. The van der Waals surface area contributed by atoms with Gasteiger partial charge in [-0.25, -0.2) is 4.39 Å². The molecule has 1 aromatic carbocycles. The predicted octanol–water partition coefficient (Wildman–Crippen LogP) is 3.29. The lowest BCUT2D eigenvalue weighted by Gasteiger charge is -2.13. The fourth-order valence-electron chi connectivity index (χ4n) is 2.29. The smallest absolute Gasteiger partial charge is 0.123 e. The maximum Gasteiger partial charge on any atom is 0.123 e. The van der Waals surface area contributed by atoms with E-state index >= 15 is 0 Å². The number of aryl methyl sites for hydroxylation is 2. The van der Waals surface area contributed by atoms with Gasteiger partial charge in [0, 0.05) is 31.4 Å². The van der Waals surface area contributed by atoms with Gasteiger partial charge >= 0.3 is 0 Å². The zero-order valence-corrected chi connectivity index (χ0v) is 12.6. The van der Waals surface area contributed by atoms with Gasteiger partial charge in [0.25, 0.3) is 0 Å². The van der Waals surface area contributed by atoms with Crippen LogP contribution in [-0.2, 0) is 20.0 Å². The Hall–Kier alpha value is -1.68. The molecule has 0 amide bonds. The average molecular weight is 275 g/mol. The first-order valence-corrected chi connectivity index (χ1v) is 7.06. The summed E-state index contributed by atoms with van der Waals surface area (Å²) in [4.78, 5) is 0. The van der Waals surface area contributed by atoms with Gasteiger partial charge in [0.05, 0.1) is 5.69 Å². The number of benzene rings is 1. The molecule has 0 spiro atoms. The molecule has 2 aromatic rings. The highest BCUT2D eigenvalue weighted by Crippen LogP contribution is 2.28. The summed E-state index contributed by atoms with van der Waals surface area (Å²) >= 11 is 0. The molecule has 1 aromatic heterocycles. The van der Waals surface area contributed by atoms with Crippen molar-refractivity contribution in [2.45, 2.75) is 39.8 Å². The minimum Gasteiger partial charge on any atom is -0.310 e. The van der Waals surface area contributed by atoms with Crippen LogP contribution in [0.1, 0.15) is 32.0 Å². The van der Waals surface area contributed by atoms with Gasteiger partial charge in [-0.05, 0) is 29.7 Å². The Morgan fingerprint density at radius 2 is 2.05 bits per heavy atom. The van der Waals surface area contributed by atoms with Crippen LogP contribution < -0.4 is 5.32 Å². The van der Waals surface area contributed by atoms with E-state index in [0.717, 1.165) is 35.3 Å². The average Bonchev–Trinajstić information content (AvgIpc) is 2.78. The third-order valence-electron chi connectivity index (χ3n) is 3.30. The Morgan fingerprint density at radius 1 is 1.30 bits per heavy atom. The third kappa shape index (κ3) is 3.25. The monoisotopic (exact) mass is 275 g/mol. The van der Waals surface area contributed by atoms with Crippen molar-refractivity contribution in [3.63, 3.8) is 0 Å². The molecule has 0 fully saturated rings. The molecule has 0 saturated carbocycles. The minimum atomic E-state index is -0.209. The van der Waals surface area contributed by atoms with E-state index in [2.05, 4.69) is 31.2 Å². The maximum atomic E-state index is 13.6. The van der Waals surface area contributed by atoms with E-state index in [1.54, 1.807) is 10.7 Å². The fourth-order valence-corrected chi connectivity index (χ4v) is 2.29. The summed E-state index contributed by atoms with van der Waals surface area (Å²) in [7, 11) is 1.90. The van der Waals surface area contributed by atoms with E-state index in [-0.39, 0.29) is 5.82 Å². The summed E-state index contributed by atoms with van der Waals surface area (Å²) in [5.74, 6) is -0.209. The van der Waals surface area contributed by atoms with Gasteiger partial charge < -0.3 is 5.32 Å². The second-order valence-corrected chi connectivity index (χ2v) is 5.35. The van der Waals surface area contributed by atoms with Crippen LogP contribution in [0.5, 0.6) is 0 Å². The molecule has 0 bridgehead atoms. The minimum absolute atomic E-state index is 0.209. The first-order valence-electron chi connectivity index (χ1n) is 7.06. The van der Waals surface area contributed by atoms with E-state index in [9.17, 15) is 4.39 Å². The number of aromatic nitrogens is 2. The molecule has 0 radical (unpaired) electrons. The van der Waals surface area contributed by atoms with Gasteiger partial charge in [-0.3, -0.25) is 4.68 Å². The first-order chi connectivity index (χ1) is 9.51. The lowest BCUT2D eigenvalue weighted by atomic mass is 9.99. The summed E-state index contributed by atoms with van der Waals surface area (Å²) in [6.07, 6.45) is 2.80. The van der Waals surface area contributed by atoms with Crippen LogP contribution in [0.2, 0.25) is 0 Å². The Labute approximate surface area is 119 Å². The van der Waals surface area contributed by atoms with Crippen molar-refractivity contribution in [1.82, 2.24) is 15.1 Å². The van der Waals surface area contributed by atoms with Gasteiger partial charge in [0.2, 0.25) is 0 Å². The zero-order chi connectivity index (χ0) is 14.7. The molecule has 2 rings (SSSR count). The number of nitrogens with zero attached hydrogens (tertiary/aromatic N) is 2. The summed E-state index contributed by atoms with van der Waals surface area (Å²) in [6.45, 7) is 7.00. The Kier molecular flexibility index (Phi) is 4.55. The molecule has 3 nitrogen and oxygen atoms in total. The Bertz CT molecular complexity index is 587. The van der Waals surface area contributed by atoms with Gasteiger partial charge in [-0.2, -0.15) is 5.10 Å². The number of nitrogens with one attached hydrogen (secondary N) is 1. The van der Waals surface area contributed by atoms with Crippen LogP contribution in [-0.4, -0.2) is 15.8 Å². The van der Waals surface area contributed by atoms with E-state index in [0.29, 0.717) is 6.04 Å². The SMILES string of the molecule is CCc1nn(C)cc1-c1cc(F)ccc1CNC(C)C. The van der Waals surface area contributed by atoms with Crippen molar-refractivity contribution in [3.8, 4) is 11.1 Å². The number of hydrogen-bond acceptors (Lipinski definition) is 2. The molecule has 0 unspecified atom stereocenters. The van der Waals surface area contributed by atoms with Gasteiger partial charge in [0.1, 0.15) is 5.82 Å². The molecule has 1 N–H and O–H groups in total. The Balaban J connectivity index is 2.45. The molecule has 20 heavy (non-hydrogen) atoms. The van der Waals surface area contributed by atoms with Gasteiger partial charge in [-0.15, -0.1) is 0 Å². The summed E-state index contributed by atoms with van der Waals surface area (Å²) in [5.41, 5.74) is 4.06. The molecular weight excluding hydrogens is 253 g/mol. The van der Waals surface area contributed by atoms with Crippen molar-refractivity contribution in [1.29, 1.82) is 0 Å². The van der Waals surface area contributed by atoms with Crippen LogP contribution >= 0.6 is 0 Å². The third-order valence-corrected chi connectivity index (χ3v) is 3.30.